The molecule has 0 aliphatic carbocycles. The number of rotatable bonds is 8. The second-order valence-electron chi connectivity index (χ2n) is 3.90. The van der Waals surface area contributed by atoms with Crippen molar-refractivity contribution in [3.8, 4) is 0 Å². The summed E-state index contributed by atoms with van der Waals surface area (Å²) in [6.45, 7) is 6.50. The number of unbranched alkanes of at least 4 members (excludes halogenated alkanes) is 2. The monoisotopic (exact) mass is 200 g/mol. The predicted octanol–water partition coefficient (Wildman–Crippen LogP) is 3.55. The molecule has 14 heavy (non-hydrogen) atoms. The van der Waals surface area contributed by atoms with Crippen molar-refractivity contribution in [3.05, 3.63) is 0 Å². The van der Waals surface area contributed by atoms with Gasteiger partial charge in [0, 0.05) is 6.92 Å². The number of carbonyl (C=O) groups is 1. The van der Waals surface area contributed by atoms with Crippen molar-refractivity contribution in [2.24, 2.45) is 5.92 Å². The molecule has 0 amide bonds. The molecule has 0 rings (SSSR count). The van der Waals surface area contributed by atoms with Gasteiger partial charge < -0.3 is 4.74 Å². The summed E-state index contributed by atoms with van der Waals surface area (Å²) in [6, 6.07) is 0. The number of carbonyl (C=O) groups excluding carboxylic acids is 1. The van der Waals surface area contributed by atoms with E-state index in [9.17, 15) is 4.79 Å². The maximum atomic E-state index is 10.6. The smallest absolute Gasteiger partial charge is 0.302 e. The lowest BCUT2D eigenvalue weighted by molar-refractivity contribution is -0.141. The van der Waals surface area contributed by atoms with Crippen LogP contribution in [0, 0.1) is 5.92 Å². The largest absolute Gasteiger partial charge is 0.466 e. The summed E-state index contributed by atoms with van der Waals surface area (Å²) in [5.74, 6) is 0.578. The fraction of sp³-hybridized carbons (Fsp3) is 0.917. The molecule has 0 aromatic carbocycles. The van der Waals surface area contributed by atoms with Crippen molar-refractivity contribution in [1.82, 2.24) is 0 Å². The van der Waals surface area contributed by atoms with Crippen LogP contribution in [0.5, 0.6) is 0 Å². The molecule has 0 aromatic heterocycles. The van der Waals surface area contributed by atoms with Gasteiger partial charge in [-0.25, -0.2) is 0 Å². The predicted molar refractivity (Wildman–Crippen MR) is 59.2 cm³/mol. The summed E-state index contributed by atoms with van der Waals surface area (Å²) in [5, 5.41) is 0. The average Bonchev–Trinajstić information content (AvgIpc) is 2.15. The Kier molecular flexibility index (Phi) is 8.70. The Balaban J connectivity index is 3.42. The SMILES string of the molecule is CCCCCC(CC)CCOC(C)=O. The molecule has 0 saturated heterocycles. The van der Waals surface area contributed by atoms with Gasteiger partial charge in [-0.15, -0.1) is 0 Å². The zero-order valence-corrected chi connectivity index (χ0v) is 9.84. The summed E-state index contributed by atoms with van der Waals surface area (Å²) < 4.78 is 4.94. The lowest BCUT2D eigenvalue weighted by Crippen LogP contribution is -2.07. The van der Waals surface area contributed by atoms with Crippen molar-refractivity contribution >= 4 is 5.97 Å². The molecule has 2 heteroatoms. The topological polar surface area (TPSA) is 26.3 Å². The first-order valence-electron chi connectivity index (χ1n) is 5.84. The summed E-state index contributed by atoms with van der Waals surface area (Å²) >= 11 is 0. The number of ether oxygens (including phenoxy) is 1. The highest BCUT2D eigenvalue weighted by Crippen LogP contribution is 2.17. The Bertz CT molecular complexity index is 143. The average molecular weight is 200 g/mol. The molecule has 0 aliphatic rings. The Morgan fingerprint density at radius 1 is 1.21 bits per heavy atom. The Morgan fingerprint density at radius 3 is 2.43 bits per heavy atom. The van der Waals surface area contributed by atoms with Gasteiger partial charge in [0.1, 0.15) is 0 Å². The Morgan fingerprint density at radius 2 is 1.93 bits per heavy atom. The van der Waals surface area contributed by atoms with Crippen LogP contribution in [-0.4, -0.2) is 12.6 Å². The fourth-order valence-electron chi connectivity index (χ4n) is 1.60. The highest BCUT2D eigenvalue weighted by Gasteiger charge is 2.06. The van der Waals surface area contributed by atoms with Crippen molar-refractivity contribution < 1.29 is 9.53 Å². The van der Waals surface area contributed by atoms with E-state index in [0.29, 0.717) is 6.61 Å². The molecule has 0 fully saturated rings. The van der Waals surface area contributed by atoms with Crippen LogP contribution in [0.15, 0.2) is 0 Å². The summed E-state index contributed by atoms with van der Waals surface area (Å²) in [6.07, 6.45) is 7.43. The highest BCUT2D eigenvalue weighted by atomic mass is 16.5. The standard InChI is InChI=1S/C12H24O2/c1-4-6-7-8-12(5-2)9-10-14-11(3)13/h12H,4-10H2,1-3H3. The van der Waals surface area contributed by atoms with Crippen LogP contribution in [0.1, 0.15) is 59.3 Å². The van der Waals surface area contributed by atoms with E-state index >= 15 is 0 Å². The third-order valence-corrected chi connectivity index (χ3v) is 2.62. The van der Waals surface area contributed by atoms with Crippen LogP contribution in [0.3, 0.4) is 0 Å². The molecular formula is C12H24O2. The van der Waals surface area contributed by atoms with E-state index in [2.05, 4.69) is 13.8 Å². The van der Waals surface area contributed by atoms with Gasteiger partial charge in [0.2, 0.25) is 0 Å². The van der Waals surface area contributed by atoms with E-state index in [0.717, 1.165) is 12.3 Å². The third-order valence-electron chi connectivity index (χ3n) is 2.62. The molecule has 1 atom stereocenters. The maximum Gasteiger partial charge on any atom is 0.302 e. The van der Waals surface area contributed by atoms with E-state index in [1.165, 1.54) is 39.0 Å². The van der Waals surface area contributed by atoms with Gasteiger partial charge in [-0.2, -0.15) is 0 Å². The normalized spacial score (nSPS) is 12.5. The molecule has 0 bridgehead atoms. The molecule has 84 valence electrons. The van der Waals surface area contributed by atoms with E-state index < -0.39 is 0 Å². The summed E-state index contributed by atoms with van der Waals surface area (Å²) in [4.78, 5) is 10.6. The minimum atomic E-state index is -0.159. The molecule has 2 nitrogen and oxygen atoms in total. The van der Waals surface area contributed by atoms with Gasteiger partial charge in [-0.1, -0.05) is 46.0 Å². The van der Waals surface area contributed by atoms with Crippen LogP contribution >= 0.6 is 0 Å². The van der Waals surface area contributed by atoms with E-state index in [-0.39, 0.29) is 5.97 Å². The van der Waals surface area contributed by atoms with Crippen molar-refractivity contribution in [3.63, 3.8) is 0 Å². The van der Waals surface area contributed by atoms with Crippen LogP contribution in [0.2, 0.25) is 0 Å². The van der Waals surface area contributed by atoms with Crippen LogP contribution in [0.4, 0.5) is 0 Å². The van der Waals surface area contributed by atoms with Gasteiger partial charge in [0.05, 0.1) is 6.61 Å². The number of hydrogen-bond acceptors (Lipinski definition) is 2. The third kappa shape index (κ3) is 8.09. The molecule has 0 spiro atoms. The first kappa shape index (κ1) is 13.5. The highest BCUT2D eigenvalue weighted by molar-refractivity contribution is 5.65. The quantitative estimate of drug-likeness (QED) is 0.442. The second kappa shape index (κ2) is 9.04. The molecule has 0 heterocycles. The summed E-state index contributed by atoms with van der Waals surface area (Å²) in [5.41, 5.74) is 0. The van der Waals surface area contributed by atoms with Gasteiger partial charge in [0.15, 0.2) is 0 Å². The molecule has 0 radical (unpaired) electrons. The Hall–Kier alpha value is -0.530. The van der Waals surface area contributed by atoms with Gasteiger partial charge in [-0.05, 0) is 12.3 Å². The van der Waals surface area contributed by atoms with Gasteiger partial charge in [-0.3, -0.25) is 4.79 Å². The lowest BCUT2D eigenvalue weighted by Gasteiger charge is -2.13. The molecule has 0 N–H and O–H groups in total. The molecule has 0 saturated carbocycles. The summed E-state index contributed by atoms with van der Waals surface area (Å²) in [7, 11) is 0. The number of hydrogen-bond donors (Lipinski definition) is 0. The van der Waals surface area contributed by atoms with E-state index in [4.69, 9.17) is 4.74 Å². The van der Waals surface area contributed by atoms with Crippen LogP contribution < -0.4 is 0 Å². The molecule has 0 aromatic rings. The van der Waals surface area contributed by atoms with Crippen molar-refractivity contribution in [2.75, 3.05) is 6.61 Å². The zero-order chi connectivity index (χ0) is 10.8. The van der Waals surface area contributed by atoms with Gasteiger partial charge >= 0.3 is 5.97 Å². The molecular weight excluding hydrogens is 176 g/mol. The first-order chi connectivity index (χ1) is 6.70. The lowest BCUT2D eigenvalue weighted by atomic mass is 9.96. The van der Waals surface area contributed by atoms with Crippen LogP contribution in [0.25, 0.3) is 0 Å². The zero-order valence-electron chi connectivity index (χ0n) is 9.84. The fourth-order valence-corrected chi connectivity index (χ4v) is 1.60. The van der Waals surface area contributed by atoms with E-state index in [1.807, 2.05) is 0 Å². The first-order valence-corrected chi connectivity index (χ1v) is 5.84. The van der Waals surface area contributed by atoms with Crippen molar-refractivity contribution in [1.29, 1.82) is 0 Å². The molecule has 1 unspecified atom stereocenters. The van der Waals surface area contributed by atoms with Crippen LogP contribution in [-0.2, 0) is 9.53 Å². The maximum absolute atomic E-state index is 10.6. The minimum absolute atomic E-state index is 0.159. The second-order valence-corrected chi connectivity index (χ2v) is 3.90. The van der Waals surface area contributed by atoms with Crippen molar-refractivity contribution in [2.45, 2.75) is 59.3 Å². The minimum Gasteiger partial charge on any atom is -0.466 e. The molecule has 0 aliphatic heterocycles. The van der Waals surface area contributed by atoms with E-state index in [1.54, 1.807) is 0 Å². The van der Waals surface area contributed by atoms with Gasteiger partial charge in [0.25, 0.3) is 0 Å². The number of esters is 1. The Labute approximate surface area is 88.0 Å².